The maximum absolute atomic E-state index is 12.4. The average Bonchev–Trinajstić information content (AvgIpc) is 3.04. The van der Waals surface area contributed by atoms with Gasteiger partial charge in [-0.05, 0) is 35.4 Å². The summed E-state index contributed by atoms with van der Waals surface area (Å²) < 4.78 is 10.7. The molecule has 0 saturated carbocycles. The Labute approximate surface area is 179 Å². The minimum absolute atomic E-state index is 0.209. The largest absolute Gasteiger partial charge is 0.493 e. The summed E-state index contributed by atoms with van der Waals surface area (Å²) in [5.41, 5.74) is 2.48. The van der Waals surface area contributed by atoms with E-state index < -0.39 is 24.3 Å². The number of rotatable bonds is 6. The van der Waals surface area contributed by atoms with Crippen LogP contribution in [0.15, 0.2) is 72.8 Å². The lowest BCUT2D eigenvalue weighted by atomic mass is 10.1. The van der Waals surface area contributed by atoms with Gasteiger partial charge in [-0.25, -0.2) is 4.79 Å². The Balaban J connectivity index is 1.45. The Kier molecular flexibility index (Phi) is 5.62. The molecule has 6 nitrogen and oxygen atoms in total. The van der Waals surface area contributed by atoms with Crippen molar-refractivity contribution in [1.29, 1.82) is 0 Å². The molecule has 0 N–H and O–H groups in total. The molecule has 1 aliphatic rings. The maximum atomic E-state index is 12.4. The molecule has 0 atom stereocenters. The molecule has 0 unspecified atom stereocenters. The van der Waals surface area contributed by atoms with Crippen LogP contribution in [0.1, 0.15) is 31.8 Å². The van der Waals surface area contributed by atoms with Gasteiger partial charge in [0.2, 0.25) is 0 Å². The lowest BCUT2D eigenvalue weighted by molar-refractivity contribution is -0.134. The first-order valence-corrected chi connectivity index (χ1v) is 9.64. The number of esters is 1. The first kappa shape index (κ1) is 20.1. The Morgan fingerprint density at radius 1 is 0.806 bits per heavy atom. The number of hydrogen-bond donors (Lipinski definition) is 0. The summed E-state index contributed by atoms with van der Waals surface area (Å²) in [4.78, 5) is 38.2. The lowest BCUT2D eigenvalue weighted by Gasteiger charge is -2.14. The first-order chi connectivity index (χ1) is 15.1. The highest BCUT2D eigenvalue weighted by Gasteiger charge is 2.36. The zero-order chi connectivity index (χ0) is 21.8. The summed E-state index contributed by atoms with van der Waals surface area (Å²) in [6.07, 6.45) is 3.88. The number of hydrogen-bond acceptors (Lipinski definition) is 5. The number of carbonyl (C=O) groups excluding carboxylic acids is 3. The van der Waals surface area contributed by atoms with E-state index in [4.69, 9.17) is 9.47 Å². The maximum Gasteiger partial charge on any atom is 0.331 e. The normalized spacial score (nSPS) is 12.9. The van der Waals surface area contributed by atoms with Crippen LogP contribution in [-0.2, 0) is 4.79 Å². The minimum atomic E-state index is -0.736. The molecule has 0 saturated heterocycles. The number of fused-ring (bicyclic) bond motifs is 1. The molecule has 2 amide bonds. The van der Waals surface area contributed by atoms with Gasteiger partial charge < -0.3 is 9.47 Å². The molecule has 0 bridgehead atoms. The highest BCUT2D eigenvalue weighted by Crippen LogP contribution is 2.29. The van der Waals surface area contributed by atoms with Crippen molar-refractivity contribution in [3.8, 4) is 11.5 Å². The summed E-state index contributed by atoms with van der Waals surface area (Å²) in [5.74, 6) is -1.18. The quantitative estimate of drug-likeness (QED) is 0.264. The summed E-state index contributed by atoms with van der Waals surface area (Å²) >= 11 is 0. The molecule has 0 fully saturated rings. The third-order valence-electron chi connectivity index (χ3n) is 4.84. The number of ether oxygens (including phenoxy) is 2. The molecule has 0 aliphatic carbocycles. The second kappa shape index (κ2) is 8.67. The molecule has 3 aromatic carbocycles. The fourth-order valence-corrected chi connectivity index (χ4v) is 3.30. The van der Waals surface area contributed by atoms with E-state index in [-0.39, 0.29) is 16.9 Å². The third-order valence-corrected chi connectivity index (χ3v) is 4.84. The zero-order valence-electron chi connectivity index (χ0n) is 16.8. The van der Waals surface area contributed by atoms with E-state index >= 15 is 0 Å². The monoisotopic (exact) mass is 413 g/mol. The van der Waals surface area contributed by atoms with Crippen LogP contribution < -0.4 is 9.47 Å². The number of amides is 2. The van der Waals surface area contributed by atoms with Gasteiger partial charge in [0.1, 0.15) is 6.54 Å². The van der Waals surface area contributed by atoms with Gasteiger partial charge >= 0.3 is 5.97 Å². The van der Waals surface area contributed by atoms with Crippen molar-refractivity contribution in [1.82, 2.24) is 4.90 Å². The van der Waals surface area contributed by atoms with Gasteiger partial charge in [-0.15, -0.1) is 0 Å². The smallest absolute Gasteiger partial charge is 0.331 e. The van der Waals surface area contributed by atoms with Crippen LogP contribution in [-0.4, -0.2) is 36.3 Å². The van der Waals surface area contributed by atoms with E-state index in [0.717, 1.165) is 16.0 Å². The van der Waals surface area contributed by atoms with Crippen molar-refractivity contribution in [2.75, 3.05) is 13.7 Å². The van der Waals surface area contributed by atoms with Gasteiger partial charge in [0.25, 0.3) is 11.8 Å². The Morgan fingerprint density at radius 2 is 1.42 bits per heavy atom. The molecule has 0 aromatic heterocycles. The van der Waals surface area contributed by atoms with Gasteiger partial charge in [0.15, 0.2) is 11.5 Å². The summed E-state index contributed by atoms with van der Waals surface area (Å²) in [6.45, 7) is -0.481. The van der Waals surface area contributed by atoms with Crippen LogP contribution in [0.3, 0.4) is 0 Å². The standard InChI is InChI=1S/C25H19NO5/c1-30-22-15-18(12-11-17-7-3-2-4-8-17)13-14-21(22)31-23(27)16-26-24(28)19-9-5-6-10-20(19)25(26)29/h2-15H,16H2,1H3/b12-11+. The highest BCUT2D eigenvalue weighted by molar-refractivity contribution is 6.22. The molecule has 154 valence electrons. The second-order valence-corrected chi connectivity index (χ2v) is 6.87. The van der Waals surface area contributed by atoms with Gasteiger partial charge in [-0.1, -0.05) is 60.7 Å². The van der Waals surface area contributed by atoms with Crippen LogP contribution in [0, 0.1) is 0 Å². The number of nitrogens with zero attached hydrogens (tertiary/aromatic N) is 1. The average molecular weight is 413 g/mol. The summed E-state index contributed by atoms with van der Waals surface area (Å²) in [6, 6.07) is 21.4. The minimum Gasteiger partial charge on any atom is -0.493 e. The van der Waals surface area contributed by atoms with Crippen molar-refractivity contribution in [2.24, 2.45) is 0 Å². The molecule has 1 aliphatic heterocycles. The van der Waals surface area contributed by atoms with Crippen molar-refractivity contribution in [3.63, 3.8) is 0 Å². The van der Waals surface area contributed by atoms with Gasteiger partial charge in [0, 0.05) is 0 Å². The Hall–Kier alpha value is -4.19. The fourth-order valence-electron chi connectivity index (χ4n) is 3.30. The van der Waals surface area contributed by atoms with E-state index in [0.29, 0.717) is 5.75 Å². The van der Waals surface area contributed by atoms with Gasteiger partial charge in [-0.3, -0.25) is 14.5 Å². The van der Waals surface area contributed by atoms with Crippen molar-refractivity contribution >= 4 is 29.9 Å². The molecule has 0 spiro atoms. The predicted molar refractivity (Wildman–Crippen MR) is 116 cm³/mol. The molecule has 0 radical (unpaired) electrons. The lowest BCUT2D eigenvalue weighted by Crippen LogP contribution is -2.36. The van der Waals surface area contributed by atoms with Crippen molar-refractivity contribution in [2.45, 2.75) is 0 Å². The van der Waals surface area contributed by atoms with Gasteiger partial charge in [-0.2, -0.15) is 0 Å². The summed E-state index contributed by atoms with van der Waals surface area (Å²) in [5, 5.41) is 0. The van der Waals surface area contributed by atoms with E-state index in [1.165, 1.54) is 7.11 Å². The Bertz CT molecular complexity index is 1150. The van der Waals surface area contributed by atoms with Crippen LogP contribution >= 0.6 is 0 Å². The molecular formula is C25H19NO5. The topological polar surface area (TPSA) is 72.9 Å². The zero-order valence-corrected chi connectivity index (χ0v) is 16.8. The van der Waals surface area contributed by atoms with Crippen LogP contribution in [0.25, 0.3) is 12.2 Å². The first-order valence-electron chi connectivity index (χ1n) is 9.64. The van der Waals surface area contributed by atoms with Crippen LogP contribution in [0.4, 0.5) is 0 Å². The van der Waals surface area contributed by atoms with E-state index in [2.05, 4.69) is 0 Å². The number of benzene rings is 3. The molecule has 31 heavy (non-hydrogen) atoms. The molecule has 4 rings (SSSR count). The molecule has 3 aromatic rings. The van der Waals surface area contributed by atoms with Crippen molar-refractivity contribution < 1.29 is 23.9 Å². The Morgan fingerprint density at radius 3 is 2.06 bits per heavy atom. The van der Waals surface area contributed by atoms with E-state index in [1.807, 2.05) is 42.5 Å². The fraction of sp³-hybridized carbons (Fsp3) is 0.0800. The summed E-state index contributed by atoms with van der Waals surface area (Å²) in [7, 11) is 1.47. The SMILES string of the molecule is COc1cc(/C=C/c2ccccc2)ccc1OC(=O)CN1C(=O)c2ccccc2C1=O. The van der Waals surface area contributed by atoms with Crippen molar-refractivity contribution in [3.05, 3.63) is 95.1 Å². The highest BCUT2D eigenvalue weighted by atomic mass is 16.6. The number of carbonyl (C=O) groups is 3. The molecule has 6 heteroatoms. The molecule has 1 heterocycles. The molecular weight excluding hydrogens is 394 g/mol. The second-order valence-electron chi connectivity index (χ2n) is 6.87. The van der Waals surface area contributed by atoms with E-state index in [1.54, 1.807) is 42.5 Å². The predicted octanol–water partition coefficient (Wildman–Crippen LogP) is 4.07. The number of methoxy groups -OCH3 is 1. The van der Waals surface area contributed by atoms with E-state index in [9.17, 15) is 14.4 Å². The van der Waals surface area contributed by atoms with Crippen LogP contribution in [0.5, 0.6) is 11.5 Å². The van der Waals surface area contributed by atoms with Gasteiger partial charge in [0.05, 0.1) is 18.2 Å². The number of imide groups is 1. The van der Waals surface area contributed by atoms with Crippen LogP contribution in [0.2, 0.25) is 0 Å². The third kappa shape index (κ3) is 4.23.